The molecule has 0 aliphatic rings. The summed E-state index contributed by atoms with van der Waals surface area (Å²) in [5.41, 5.74) is 7.70. The predicted molar refractivity (Wildman–Crippen MR) is 87.4 cm³/mol. The maximum absolute atomic E-state index is 13.5. The molecule has 0 atom stereocenters. The van der Waals surface area contributed by atoms with Gasteiger partial charge in [0, 0.05) is 10.6 Å². The largest absolute Gasteiger partial charge is 0.489 e. The molecule has 2 aromatic carbocycles. The van der Waals surface area contributed by atoms with E-state index in [9.17, 15) is 4.39 Å². The predicted octanol–water partition coefficient (Wildman–Crippen LogP) is 4.25. The number of ether oxygens (including phenoxy) is 1. The van der Waals surface area contributed by atoms with Crippen molar-refractivity contribution in [1.82, 2.24) is 0 Å². The number of benzene rings is 2. The maximum Gasteiger partial charge on any atom is 0.124 e. The van der Waals surface area contributed by atoms with E-state index in [1.54, 1.807) is 18.2 Å². The van der Waals surface area contributed by atoms with Crippen LogP contribution in [0.15, 0.2) is 36.4 Å². The van der Waals surface area contributed by atoms with Crippen molar-refractivity contribution in [2.45, 2.75) is 20.0 Å². The van der Waals surface area contributed by atoms with Crippen molar-refractivity contribution >= 4 is 28.8 Å². The molecule has 0 unspecified atom stereocenters. The van der Waals surface area contributed by atoms with E-state index in [1.165, 1.54) is 12.1 Å². The molecule has 0 fully saturated rings. The van der Waals surface area contributed by atoms with Gasteiger partial charge in [0.05, 0.1) is 0 Å². The Morgan fingerprint density at radius 2 is 2.05 bits per heavy atom. The van der Waals surface area contributed by atoms with Gasteiger partial charge in [0.25, 0.3) is 0 Å². The molecular formula is C16H15ClFNOS. The van der Waals surface area contributed by atoms with Gasteiger partial charge in [0.2, 0.25) is 0 Å². The van der Waals surface area contributed by atoms with Crippen LogP contribution in [-0.4, -0.2) is 4.99 Å². The fourth-order valence-electron chi connectivity index (χ4n) is 1.95. The van der Waals surface area contributed by atoms with Gasteiger partial charge in [-0.15, -0.1) is 0 Å². The summed E-state index contributed by atoms with van der Waals surface area (Å²) in [6, 6.07) is 9.90. The van der Waals surface area contributed by atoms with Crippen LogP contribution >= 0.6 is 23.8 Å². The molecule has 110 valence electrons. The molecule has 0 spiro atoms. The molecule has 2 aromatic rings. The Bertz CT molecular complexity index is 675. The lowest BCUT2D eigenvalue weighted by Gasteiger charge is -2.10. The highest BCUT2D eigenvalue weighted by atomic mass is 35.5. The Hall–Kier alpha value is -1.65. The third-order valence-corrected chi connectivity index (χ3v) is 3.65. The molecule has 0 amide bonds. The molecule has 0 aliphatic carbocycles. The van der Waals surface area contributed by atoms with Crippen LogP contribution in [0, 0.1) is 5.82 Å². The van der Waals surface area contributed by atoms with Gasteiger partial charge in [-0.1, -0.05) is 30.7 Å². The van der Waals surface area contributed by atoms with Gasteiger partial charge in [-0.2, -0.15) is 0 Å². The average Bonchev–Trinajstić information content (AvgIpc) is 2.45. The van der Waals surface area contributed by atoms with Gasteiger partial charge in [0.1, 0.15) is 23.2 Å². The zero-order valence-corrected chi connectivity index (χ0v) is 13.1. The van der Waals surface area contributed by atoms with Crippen molar-refractivity contribution < 1.29 is 9.13 Å². The first-order valence-corrected chi connectivity index (χ1v) is 7.28. The highest BCUT2D eigenvalue weighted by Gasteiger charge is 2.05. The van der Waals surface area contributed by atoms with Gasteiger partial charge >= 0.3 is 0 Å². The van der Waals surface area contributed by atoms with Crippen LogP contribution in [0.5, 0.6) is 5.75 Å². The third-order valence-electron chi connectivity index (χ3n) is 3.05. The Labute approximate surface area is 133 Å². The van der Waals surface area contributed by atoms with Crippen molar-refractivity contribution in [3.63, 3.8) is 0 Å². The topological polar surface area (TPSA) is 35.2 Å². The van der Waals surface area contributed by atoms with Crippen LogP contribution in [0.4, 0.5) is 4.39 Å². The molecule has 0 aromatic heterocycles. The first kappa shape index (κ1) is 15.7. The second-order valence-electron chi connectivity index (χ2n) is 4.61. The summed E-state index contributed by atoms with van der Waals surface area (Å²) in [4.78, 5) is 0.163. The summed E-state index contributed by atoms with van der Waals surface area (Å²) in [6.45, 7) is 2.25. The van der Waals surface area contributed by atoms with Crippen LogP contribution < -0.4 is 10.5 Å². The molecule has 0 aliphatic heterocycles. The SMILES string of the molecule is CCc1cc(OCc2cc(F)cc(C(N)=S)c2)ccc1Cl. The van der Waals surface area contributed by atoms with Crippen LogP contribution in [-0.2, 0) is 13.0 Å². The fourth-order valence-corrected chi connectivity index (χ4v) is 2.32. The summed E-state index contributed by atoms with van der Waals surface area (Å²) in [5, 5.41) is 0.714. The van der Waals surface area contributed by atoms with E-state index in [-0.39, 0.29) is 17.4 Å². The Balaban J connectivity index is 2.14. The molecule has 21 heavy (non-hydrogen) atoms. The van der Waals surface area contributed by atoms with Gasteiger partial charge in [-0.25, -0.2) is 4.39 Å². The number of halogens is 2. The standard InChI is InChI=1S/C16H15ClFNOS/c1-2-11-8-14(3-4-15(11)17)20-9-10-5-12(16(19)21)7-13(18)6-10/h3-8H,2,9H2,1H3,(H2,19,21). The second kappa shape index (κ2) is 6.87. The lowest BCUT2D eigenvalue weighted by molar-refractivity contribution is 0.305. The van der Waals surface area contributed by atoms with Crippen LogP contribution in [0.2, 0.25) is 5.02 Å². The number of thiocarbonyl (C=S) groups is 1. The van der Waals surface area contributed by atoms with Crippen LogP contribution in [0.3, 0.4) is 0 Å². The summed E-state index contributed by atoms with van der Waals surface area (Å²) < 4.78 is 19.2. The summed E-state index contributed by atoms with van der Waals surface area (Å²) >= 11 is 10.9. The zero-order valence-electron chi connectivity index (χ0n) is 11.5. The van der Waals surface area contributed by atoms with E-state index >= 15 is 0 Å². The number of aryl methyl sites for hydroxylation is 1. The van der Waals surface area contributed by atoms with Crippen molar-refractivity contribution in [2.75, 3.05) is 0 Å². The van der Waals surface area contributed by atoms with Crippen molar-refractivity contribution in [1.29, 1.82) is 0 Å². The van der Waals surface area contributed by atoms with Crippen molar-refractivity contribution in [3.8, 4) is 5.75 Å². The van der Waals surface area contributed by atoms with Crippen molar-refractivity contribution in [3.05, 3.63) is 63.9 Å². The molecule has 0 heterocycles. The monoisotopic (exact) mass is 323 g/mol. The van der Waals surface area contributed by atoms with E-state index < -0.39 is 0 Å². The summed E-state index contributed by atoms with van der Waals surface area (Å²) in [7, 11) is 0. The molecule has 2 rings (SSSR count). The second-order valence-corrected chi connectivity index (χ2v) is 5.45. The minimum Gasteiger partial charge on any atom is -0.489 e. The lowest BCUT2D eigenvalue weighted by atomic mass is 10.1. The third kappa shape index (κ3) is 4.16. The van der Waals surface area contributed by atoms with E-state index in [2.05, 4.69) is 0 Å². The number of hydrogen-bond donors (Lipinski definition) is 1. The highest BCUT2D eigenvalue weighted by molar-refractivity contribution is 7.80. The van der Waals surface area contributed by atoms with E-state index in [0.29, 0.717) is 21.9 Å². The zero-order chi connectivity index (χ0) is 15.4. The van der Waals surface area contributed by atoms with Crippen LogP contribution in [0.25, 0.3) is 0 Å². The lowest BCUT2D eigenvalue weighted by Crippen LogP contribution is -2.10. The minimum absolute atomic E-state index is 0.163. The number of nitrogens with two attached hydrogens (primary N) is 1. The minimum atomic E-state index is -0.385. The quantitative estimate of drug-likeness (QED) is 0.835. The van der Waals surface area contributed by atoms with Gasteiger partial charge < -0.3 is 10.5 Å². The molecule has 2 N–H and O–H groups in total. The molecule has 0 saturated heterocycles. The van der Waals surface area contributed by atoms with E-state index in [4.69, 9.17) is 34.3 Å². The normalized spacial score (nSPS) is 10.4. The fraction of sp³-hybridized carbons (Fsp3) is 0.188. The van der Waals surface area contributed by atoms with Gasteiger partial charge in [0.15, 0.2) is 0 Å². The van der Waals surface area contributed by atoms with Crippen LogP contribution in [0.1, 0.15) is 23.6 Å². The van der Waals surface area contributed by atoms with Crippen molar-refractivity contribution in [2.24, 2.45) is 5.73 Å². The van der Waals surface area contributed by atoms with E-state index in [0.717, 1.165) is 12.0 Å². The average molecular weight is 324 g/mol. The molecule has 2 nitrogen and oxygen atoms in total. The van der Waals surface area contributed by atoms with E-state index in [1.807, 2.05) is 13.0 Å². The first-order valence-electron chi connectivity index (χ1n) is 6.50. The number of rotatable bonds is 5. The Morgan fingerprint density at radius 3 is 2.71 bits per heavy atom. The molecule has 0 saturated carbocycles. The summed E-state index contributed by atoms with van der Waals surface area (Å²) in [5.74, 6) is 0.307. The smallest absolute Gasteiger partial charge is 0.124 e. The first-order chi connectivity index (χ1) is 9.99. The summed E-state index contributed by atoms with van der Waals surface area (Å²) in [6.07, 6.45) is 0.821. The van der Waals surface area contributed by atoms with Gasteiger partial charge in [-0.3, -0.25) is 0 Å². The molecule has 0 radical (unpaired) electrons. The molecular weight excluding hydrogens is 309 g/mol. The molecule has 5 heteroatoms. The number of hydrogen-bond acceptors (Lipinski definition) is 2. The Morgan fingerprint density at radius 1 is 1.29 bits per heavy atom. The maximum atomic E-state index is 13.5. The molecule has 0 bridgehead atoms. The highest BCUT2D eigenvalue weighted by Crippen LogP contribution is 2.23. The van der Waals surface area contributed by atoms with Gasteiger partial charge in [-0.05, 0) is 53.9 Å². The Kier molecular flexibility index (Phi) is 5.15.